The highest BCUT2D eigenvalue weighted by atomic mass is 16.3. The maximum Gasteiger partial charge on any atom is 0.196 e. The van der Waals surface area contributed by atoms with Crippen LogP contribution in [0.25, 0.3) is 22.3 Å². The lowest BCUT2D eigenvalue weighted by Crippen LogP contribution is -2.24. The van der Waals surface area contributed by atoms with Crippen LogP contribution in [-0.4, -0.2) is 9.78 Å². The number of hydrogen-bond acceptors (Lipinski definition) is 5. The van der Waals surface area contributed by atoms with Gasteiger partial charge in [-0.25, -0.2) is 0 Å². The van der Waals surface area contributed by atoms with Gasteiger partial charge in [-0.05, 0) is 46.2 Å². The topological polar surface area (TPSA) is 97.8 Å². The fourth-order valence-corrected chi connectivity index (χ4v) is 2.98. The molecule has 0 aliphatic carbocycles. The smallest absolute Gasteiger partial charge is 0.196 e. The van der Waals surface area contributed by atoms with Crippen LogP contribution in [0.15, 0.2) is 33.7 Å². The van der Waals surface area contributed by atoms with Crippen LogP contribution in [0.4, 0.5) is 0 Å². The molecule has 0 unspecified atom stereocenters. The van der Waals surface area contributed by atoms with Crippen LogP contribution in [0.2, 0.25) is 0 Å². The molecule has 2 aromatic heterocycles. The number of hydrogen-bond donors (Lipinski definition) is 1. The third-order valence-corrected chi connectivity index (χ3v) is 4.57. The summed E-state index contributed by atoms with van der Waals surface area (Å²) in [5.41, 5.74) is 8.64. The number of fused-ring (bicyclic) bond motifs is 1. The first-order valence-electron chi connectivity index (χ1n) is 8.46. The van der Waals surface area contributed by atoms with Gasteiger partial charge < -0.3 is 10.2 Å². The average Bonchev–Trinajstić information content (AvgIpc) is 3.08. The first kappa shape index (κ1) is 17.9. The zero-order valence-electron chi connectivity index (χ0n) is 15.6. The van der Waals surface area contributed by atoms with Crippen molar-refractivity contribution in [3.8, 4) is 17.4 Å². The van der Waals surface area contributed by atoms with E-state index >= 15 is 0 Å². The minimum Gasteiger partial charge on any atom is -0.455 e. The van der Waals surface area contributed by atoms with Crippen LogP contribution in [0, 0.1) is 25.2 Å². The highest BCUT2D eigenvalue weighted by Gasteiger charge is 2.23. The minimum atomic E-state index is -0.794. The van der Waals surface area contributed by atoms with E-state index in [1.165, 1.54) is 0 Å². The van der Waals surface area contributed by atoms with Crippen LogP contribution in [0.1, 0.15) is 43.5 Å². The Morgan fingerprint density at radius 2 is 2.04 bits per heavy atom. The van der Waals surface area contributed by atoms with E-state index in [4.69, 9.17) is 10.2 Å². The molecule has 0 amide bonds. The maximum atomic E-state index is 12.9. The van der Waals surface area contributed by atoms with E-state index in [0.717, 1.165) is 11.1 Å². The Morgan fingerprint density at radius 1 is 1.35 bits per heavy atom. The molecule has 0 spiro atoms. The van der Waals surface area contributed by atoms with Gasteiger partial charge in [0.05, 0.1) is 23.2 Å². The van der Waals surface area contributed by atoms with E-state index in [-0.39, 0.29) is 11.5 Å². The SMILES string of the molecule is Cc1cc([C@@H](C)N)c2oc(-c3cnn(C(C)(C)C#N)c3)c(C)c(=O)c2c1. The quantitative estimate of drug-likeness (QED) is 0.779. The summed E-state index contributed by atoms with van der Waals surface area (Å²) in [6.07, 6.45) is 3.33. The largest absolute Gasteiger partial charge is 0.455 e. The lowest BCUT2D eigenvalue weighted by Gasteiger charge is -2.15. The van der Waals surface area contributed by atoms with Gasteiger partial charge in [0, 0.05) is 23.4 Å². The first-order chi connectivity index (χ1) is 12.2. The second-order valence-electron chi connectivity index (χ2n) is 7.25. The molecule has 3 aromatic rings. The molecule has 3 rings (SSSR count). The summed E-state index contributed by atoms with van der Waals surface area (Å²) in [5, 5.41) is 14.1. The molecule has 6 nitrogen and oxygen atoms in total. The second kappa shape index (κ2) is 6.11. The van der Waals surface area contributed by atoms with E-state index in [1.807, 2.05) is 26.0 Å². The van der Waals surface area contributed by atoms with E-state index < -0.39 is 5.54 Å². The Bertz CT molecular complexity index is 1100. The Balaban J connectivity index is 2.30. The highest BCUT2D eigenvalue weighted by Crippen LogP contribution is 2.30. The van der Waals surface area contributed by atoms with Gasteiger partial charge in [-0.2, -0.15) is 10.4 Å². The molecular formula is C20H22N4O2. The predicted molar refractivity (Wildman–Crippen MR) is 101 cm³/mol. The van der Waals surface area contributed by atoms with Gasteiger partial charge >= 0.3 is 0 Å². The van der Waals surface area contributed by atoms with Crippen LogP contribution in [-0.2, 0) is 5.54 Å². The van der Waals surface area contributed by atoms with Crippen molar-refractivity contribution >= 4 is 11.0 Å². The monoisotopic (exact) mass is 350 g/mol. The van der Waals surface area contributed by atoms with E-state index in [2.05, 4.69) is 11.2 Å². The summed E-state index contributed by atoms with van der Waals surface area (Å²) in [6.45, 7) is 9.07. The summed E-state index contributed by atoms with van der Waals surface area (Å²) in [6, 6.07) is 5.70. The molecule has 2 heterocycles. The molecule has 6 heteroatoms. The number of aryl methyl sites for hydroxylation is 1. The highest BCUT2D eigenvalue weighted by molar-refractivity contribution is 5.84. The van der Waals surface area contributed by atoms with Gasteiger partial charge in [0.15, 0.2) is 5.43 Å². The van der Waals surface area contributed by atoms with Crippen molar-refractivity contribution < 1.29 is 4.42 Å². The van der Waals surface area contributed by atoms with Gasteiger partial charge in [-0.1, -0.05) is 6.07 Å². The molecule has 1 aromatic carbocycles. The van der Waals surface area contributed by atoms with Crippen LogP contribution in [0.3, 0.4) is 0 Å². The molecule has 1 atom stereocenters. The molecule has 134 valence electrons. The molecule has 0 bridgehead atoms. The van der Waals surface area contributed by atoms with Crippen molar-refractivity contribution in [1.82, 2.24) is 9.78 Å². The lowest BCUT2D eigenvalue weighted by molar-refractivity contribution is 0.418. The zero-order chi connectivity index (χ0) is 19.2. The van der Waals surface area contributed by atoms with E-state index in [9.17, 15) is 10.1 Å². The average molecular weight is 350 g/mol. The molecular weight excluding hydrogens is 328 g/mol. The van der Waals surface area contributed by atoms with Crippen molar-refractivity contribution in [2.75, 3.05) is 0 Å². The predicted octanol–water partition coefficient (Wildman–Crippen LogP) is 3.55. The van der Waals surface area contributed by atoms with Gasteiger partial charge in [-0.3, -0.25) is 9.48 Å². The summed E-state index contributed by atoms with van der Waals surface area (Å²) >= 11 is 0. The summed E-state index contributed by atoms with van der Waals surface area (Å²) in [7, 11) is 0. The van der Waals surface area contributed by atoms with Gasteiger partial charge in [0.1, 0.15) is 16.9 Å². The van der Waals surface area contributed by atoms with Crippen molar-refractivity contribution in [2.45, 2.75) is 46.2 Å². The van der Waals surface area contributed by atoms with Crippen LogP contribution >= 0.6 is 0 Å². The molecule has 0 aliphatic rings. The lowest BCUT2D eigenvalue weighted by atomic mass is 10.00. The third kappa shape index (κ3) is 2.80. The van der Waals surface area contributed by atoms with Gasteiger partial charge in [0.25, 0.3) is 0 Å². The van der Waals surface area contributed by atoms with E-state index in [1.54, 1.807) is 37.8 Å². The number of nitrogens with zero attached hydrogens (tertiary/aromatic N) is 3. The Hall–Kier alpha value is -2.91. The number of nitriles is 1. The number of rotatable bonds is 3. The van der Waals surface area contributed by atoms with E-state index in [0.29, 0.717) is 27.9 Å². The van der Waals surface area contributed by atoms with Crippen LogP contribution < -0.4 is 11.2 Å². The number of aromatic nitrogens is 2. The number of benzene rings is 1. The fraction of sp³-hybridized carbons (Fsp3) is 0.350. The number of nitrogens with two attached hydrogens (primary N) is 1. The molecule has 0 fully saturated rings. The Kier molecular flexibility index (Phi) is 4.21. The summed E-state index contributed by atoms with van der Waals surface area (Å²) in [5.74, 6) is 0.452. The Labute approximate surface area is 151 Å². The summed E-state index contributed by atoms with van der Waals surface area (Å²) in [4.78, 5) is 12.9. The van der Waals surface area contributed by atoms with Gasteiger partial charge in [-0.15, -0.1) is 0 Å². The normalized spacial score (nSPS) is 13.0. The molecule has 2 N–H and O–H groups in total. The second-order valence-corrected chi connectivity index (χ2v) is 7.25. The first-order valence-corrected chi connectivity index (χ1v) is 8.46. The van der Waals surface area contributed by atoms with Gasteiger partial charge in [0.2, 0.25) is 0 Å². The molecule has 0 radical (unpaired) electrons. The maximum absolute atomic E-state index is 12.9. The van der Waals surface area contributed by atoms with Crippen molar-refractivity contribution in [3.63, 3.8) is 0 Å². The van der Waals surface area contributed by atoms with Crippen molar-refractivity contribution in [2.24, 2.45) is 5.73 Å². The van der Waals surface area contributed by atoms with Crippen molar-refractivity contribution in [3.05, 3.63) is 51.4 Å². The van der Waals surface area contributed by atoms with Crippen molar-refractivity contribution in [1.29, 1.82) is 5.26 Å². The molecule has 26 heavy (non-hydrogen) atoms. The third-order valence-electron chi connectivity index (χ3n) is 4.57. The molecule has 0 saturated heterocycles. The zero-order valence-corrected chi connectivity index (χ0v) is 15.6. The minimum absolute atomic E-state index is 0.0841. The Morgan fingerprint density at radius 3 is 2.65 bits per heavy atom. The molecule has 0 aliphatic heterocycles. The standard InChI is InChI=1S/C20H22N4O2/c1-11-6-15(13(3)22)19-16(7-11)17(25)12(2)18(26-19)14-8-23-24(9-14)20(4,5)10-21/h6-9,13H,22H2,1-5H3/t13-/m1/s1. The van der Waals surface area contributed by atoms with Crippen LogP contribution in [0.5, 0.6) is 0 Å². The summed E-state index contributed by atoms with van der Waals surface area (Å²) < 4.78 is 7.71. The molecule has 0 saturated carbocycles. The fourth-order valence-electron chi connectivity index (χ4n) is 2.98.